The highest BCUT2D eigenvalue weighted by atomic mass is 16.2. The number of anilines is 2. The van der Waals surface area contributed by atoms with Gasteiger partial charge in [-0.25, -0.2) is 0 Å². The highest BCUT2D eigenvalue weighted by Crippen LogP contribution is 2.36. The molecule has 8 heteroatoms. The molecule has 0 spiro atoms. The van der Waals surface area contributed by atoms with E-state index in [1.54, 1.807) is 0 Å². The number of nitrogens with one attached hydrogen (secondary N) is 4. The molecule has 2 heterocycles. The second kappa shape index (κ2) is 10.1. The van der Waals surface area contributed by atoms with E-state index in [1.807, 2.05) is 60.7 Å². The number of allylic oxidation sites excluding steroid dienone is 4. The molecular formula is C29H28N6O2. The van der Waals surface area contributed by atoms with Crippen molar-refractivity contribution in [2.45, 2.75) is 27.2 Å². The van der Waals surface area contributed by atoms with Crippen molar-refractivity contribution in [3.05, 3.63) is 84.2 Å². The smallest absolute Gasteiger partial charge is 0.221 e. The van der Waals surface area contributed by atoms with Crippen molar-refractivity contribution in [1.82, 2.24) is 20.4 Å². The predicted octanol–water partition coefficient (Wildman–Crippen LogP) is 5.89. The van der Waals surface area contributed by atoms with E-state index in [0.717, 1.165) is 62.8 Å². The molecule has 0 aliphatic heterocycles. The lowest BCUT2D eigenvalue weighted by atomic mass is 9.87. The monoisotopic (exact) mass is 492 g/mol. The summed E-state index contributed by atoms with van der Waals surface area (Å²) >= 11 is 0. The number of H-pyrrole nitrogens is 2. The summed E-state index contributed by atoms with van der Waals surface area (Å²) in [7, 11) is 0. The van der Waals surface area contributed by atoms with Crippen LogP contribution in [0.2, 0.25) is 0 Å². The average molecular weight is 493 g/mol. The topological polar surface area (TPSA) is 116 Å². The molecule has 2 aromatic carbocycles. The molecule has 1 aliphatic rings. The summed E-state index contributed by atoms with van der Waals surface area (Å²) in [5, 5.41) is 21.1. The van der Waals surface area contributed by atoms with Crippen LogP contribution in [-0.4, -0.2) is 32.2 Å². The van der Waals surface area contributed by atoms with E-state index in [0.29, 0.717) is 5.92 Å². The van der Waals surface area contributed by atoms with Crippen LogP contribution in [0.25, 0.3) is 33.7 Å². The molecule has 8 nitrogen and oxygen atoms in total. The maximum atomic E-state index is 11.4. The van der Waals surface area contributed by atoms with Crippen molar-refractivity contribution in [1.29, 1.82) is 0 Å². The molecule has 0 bridgehead atoms. The van der Waals surface area contributed by atoms with Gasteiger partial charge < -0.3 is 10.6 Å². The quantitative estimate of drug-likeness (QED) is 0.269. The van der Waals surface area contributed by atoms with Gasteiger partial charge in [0.1, 0.15) is 0 Å². The third-order valence-corrected chi connectivity index (χ3v) is 6.27. The zero-order chi connectivity index (χ0) is 25.9. The molecule has 0 saturated heterocycles. The van der Waals surface area contributed by atoms with Gasteiger partial charge in [-0.2, -0.15) is 10.2 Å². The van der Waals surface area contributed by atoms with E-state index in [9.17, 15) is 9.59 Å². The standard InChI is InChI=1S/C29H28N6O2/c1-17-10-11-22(27-15-26(32-33-27)20-6-4-8-23(12-20)30-18(2)36)14-25(17)29-16-28(34-35-29)21-7-5-9-24(13-21)31-19(3)37/h4-9,11-17H,10H2,1-3H3,(H,30,36)(H,31,37)(H,32,33)(H,34,35). The molecular weight excluding hydrogens is 464 g/mol. The number of hydrogen-bond donors (Lipinski definition) is 4. The van der Waals surface area contributed by atoms with Gasteiger partial charge in [-0.3, -0.25) is 19.8 Å². The van der Waals surface area contributed by atoms with Crippen LogP contribution in [0, 0.1) is 5.92 Å². The summed E-state index contributed by atoms with van der Waals surface area (Å²) in [6, 6.07) is 19.4. The fraction of sp³-hybridized carbons (Fsp3) is 0.172. The summed E-state index contributed by atoms with van der Waals surface area (Å²) < 4.78 is 0. The first-order chi connectivity index (χ1) is 17.9. The van der Waals surface area contributed by atoms with Gasteiger partial charge in [0, 0.05) is 36.3 Å². The van der Waals surface area contributed by atoms with Crippen molar-refractivity contribution in [3.8, 4) is 22.5 Å². The number of aromatic nitrogens is 4. The van der Waals surface area contributed by atoms with Gasteiger partial charge in [0.25, 0.3) is 0 Å². The highest BCUT2D eigenvalue weighted by molar-refractivity contribution is 5.91. The first-order valence-corrected chi connectivity index (χ1v) is 12.1. The van der Waals surface area contributed by atoms with Gasteiger partial charge >= 0.3 is 0 Å². The van der Waals surface area contributed by atoms with Crippen LogP contribution in [0.1, 0.15) is 38.6 Å². The van der Waals surface area contributed by atoms with E-state index < -0.39 is 0 Å². The van der Waals surface area contributed by atoms with E-state index in [-0.39, 0.29) is 11.8 Å². The normalized spacial score (nSPS) is 15.1. The van der Waals surface area contributed by atoms with Gasteiger partial charge in [0.05, 0.1) is 22.8 Å². The van der Waals surface area contributed by atoms with Crippen LogP contribution in [0.15, 0.2) is 72.8 Å². The zero-order valence-corrected chi connectivity index (χ0v) is 20.9. The highest BCUT2D eigenvalue weighted by Gasteiger charge is 2.20. The molecule has 0 radical (unpaired) electrons. The Hall–Kier alpha value is -4.72. The van der Waals surface area contributed by atoms with E-state index in [2.05, 4.69) is 50.1 Å². The van der Waals surface area contributed by atoms with Gasteiger partial charge in [0.2, 0.25) is 11.8 Å². The summed E-state index contributed by atoms with van der Waals surface area (Å²) in [6.45, 7) is 5.18. The average Bonchev–Trinajstić information content (AvgIpc) is 3.55. The largest absolute Gasteiger partial charge is 0.326 e. The molecule has 186 valence electrons. The number of amides is 2. The Morgan fingerprint density at radius 1 is 0.811 bits per heavy atom. The first-order valence-electron chi connectivity index (χ1n) is 12.1. The van der Waals surface area contributed by atoms with Crippen molar-refractivity contribution in [2.75, 3.05) is 10.6 Å². The number of nitrogens with zero attached hydrogens (tertiary/aromatic N) is 2. The molecule has 4 aromatic rings. The Labute approximate surface area is 214 Å². The minimum Gasteiger partial charge on any atom is -0.326 e. The van der Waals surface area contributed by atoms with E-state index >= 15 is 0 Å². The Kier molecular flexibility index (Phi) is 6.55. The second-order valence-corrected chi connectivity index (χ2v) is 9.25. The van der Waals surface area contributed by atoms with Gasteiger partial charge in [0.15, 0.2) is 0 Å². The first kappa shape index (κ1) is 24.0. The summed E-state index contributed by atoms with van der Waals surface area (Å²) in [5.41, 5.74) is 9.04. The SMILES string of the molecule is CC(=O)Nc1cccc(-c2cc(C3=CCC(C)C(c4cc(-c5cccc(NC(C)=O)c5)[nH]n4)=C3)[nH]n2)c1. The molecule has 0 saturated carbocycles. The van der Waals surface area contributed by atoms with Crippen LogP contribution < -0.4 is 10.6 Å². The Bertz CT molecular complexity index is 1540. The lowest BCUT2D eigenvalue weighted by Gasteiger charge is -2.18. The third-order valence-electron chi connectivity index (χ3n) is 6.27. The lowest BCUT2D eigenvalue weighted by molar-refractivity contribution is -0.115. The van der Waals surface area contributed by atoms with E-state index in [1.165, 1.54) is 13.8 Å². The van der Waals surface area contributed by atoms with Crippen LogP contribution in [-0.2, 0) is 9.59 Å². The summed E-state index contributed by atoms with van der Waals surface area (Å²) in [4.78, 5) is 22.8. The molecule has 2 amide bonds. The molecule has 1 unspecified atom stereocenters. The van der Waals surface area contributed by atoms with Crippen molar-refractivity contribution in [3.63, 3.8) is 0 Å². The number of aromatic amines is 2. The molecule has 37 heavy (non-hydrogen) atoms. The van der Waals surface area contributed by atoms with Crippen molar-refractivity contribution < 1.29 is 9.59 Å². The minimum absolute atomic E-state index is 0.106. The number of hydrogen-bond acceptors (Lipinski definition) is 4. The van der Waals surface area contributed by atoms with Crippen LogP contribution >= 0.6 is 0 Å². The molecule has 4 N–H and O–H groups in total. The second-order valence-electron chi connectivity index (χ2n) is 9.25. The molecule has 2 aromatic heterocycles. The molecule has 1 atom stereocenters. The number of rotatable bonds is 6. The molecule has 1 aliphatic carbocycles. The van der Waals surface area contributed by atoms with Crippen molar-refractivity contribution in [2.24, 2.45) is 5.92 Å². The van der Waals surface area contributed by atoms with Gasteiger partial charge in [-0.1, -0.05) is 37.3 Å². The minimum atomic E-state index is -0.110. The summed E-state index contributed by atoms with van der Waals surface area (Å²) in [5.74, 6) is 0.0914. The zero-order valence-electron chi connectivity index (χ0n) is 20.9. The maximum absolute atomic E-state index is 11.4. The summed E-state index contributed by atoms with van der Waals surface area (Å²) in [6.07, 6.45) is 5.25. The van der Waals surface area contributed by atoms with Crippen LogP contribution in [0.4, 0.5) is 11.4 Å². The van der Waals surface area contributed by atoms with Gasteiger partial charge in [-0.15, -0.1) is 0 Å². The fourth-order valence-electron chi connectivity index (χ4n) is 4.48. The van der Waals surface area contributed by atoms with Crippen LogP contribution in [0.5, 0.6) is 0 Å². The molecule has 5 rings (SSSR count). The lowest BCUT2D eigenvalue weighted by Crippen LogP contribution is -2.05. The van der Waals surface area contributed by atoms with Crippen LogP contribution in [0.3, 0.4) is 0 Å². The Balaban J connectivity index is 1.39. The number of benzene rings is 2. The van der Waals surface area contributed by atoms with Gasteiger partial charge in [-0.05, 0) is 66.0 Å². The number of carbonyl (C=O) groups is 2. The predicted molar refractivity (Wildman–Crippen MR) is 146 cm³/mol. The third kappa shape index (κ3) is 5.43. The Morgan fingerprint density at radius 2 is 1.41 bits per heavy atom. The number of carbonyl (C=O) groups excluding carboxylic acids is 2. The fourth-order valence-corrected chi connectivity index (χ4v) is 4.48. The maximum Gasteiger partial charge on any atom is 0.221 e. The van der Waals surface area contributed by atoms with Crippen molar-refractivity contribution >= 4 is 34.3 Å². The molecule has 0 fully saturated rings. The Morgan fingerprint density at radius 3 is 2.11 bits per heavy atom. The van der Waals surface area contributed by atoms with E-state index in [4.69, 9.17) is 0 Å².